The molecule has 1 aliphatic heterocycles. The van der Waals surface area contributed by atoms with Crippen LogP contribution in [0.5, 0.6) is 5.75 Å². The Hall–Kier alpha value is -2.82. The lowest BCUT2D eigenvalue weighted by atomic mass is 10.0. The van der Waals surface area contributed by atoms with Gasteiger partial charge in [0, 0.05) is 5.69 Å². The molecule has 0 radical (unpaired) electrons. The van der Waals surface area contributed by atoms with Crippen molar-refractivity contribution >= 4 is 23.2 Å². The Morgan fingerprint density at radius 2 is 1.83 bits per heavy atom. The van der Waals surface area contributed by atoms with Crippen molar-refractivity contribution in [1.82, 2.24) is 0 Å². The Kier molecular flexibility index (Phi) is 4.25. The molecule has 2 aromatic carbocycles. The molecular weight excluding hydrogens is 304 g/mol. The molecule has 0 aromatic heterocycles. The van der Waals surface area contributed by atoms with Gasteiger partial charge in [-0.15, -0.1) is 0 Å². The quantitative estimate of drug-likeness (QED) is 0.910. The van der Waals surface area contributed by atoms with Crippen LogP contribution in [0.4, 0.5) is 11.4 Å². The third kappa shape index (κ3) is 3.25. The van der Waals surface area contributed by atoms with Gasteiger partial charge in [0.05, 0.1) is 12.1 Å². The molecule has 1 unspecified atom stereocenters. The number of ether oxygens (including phenoxy) is 1. The van der Waals surface area contributed by atoms with E-state index in [0.29, 0.717) is 11.4 Å². The number of rotatable bonds is 3. The van der Waals surface area contributed by atoms with E-state index in [1.54, 1.807) is 12.1 Å². The maximum absolute atomic E-state index is 12.4. The van der Waals surface area contributed by atoms with Crippen LogP contribution in [0.2, 0.25) is 0 Å². The molecule has 24 heavy (non-hydrogen) atoms. The predicted molar refractivity (Wildman–Crippen MR) is 93.4 cm³/mol. The van der Waals surface area contributed by atoms with Crippen molar-refractivity contribution in [1.29, 1.82) is 0 Å². The van der Waals surface area contributed by atoms with Gasteiger partial charge < -0.3 is 15.4 Å². The normalized spacial score (nSPS) is 16.0. The lowest BCUT2D eigenvalue weighted by Gasteiger charge is -2.25. The van der Waals surface area contributed by atoms with Crippen LogP contribution in [0.25, 0.3) is 0 Å². The van der Waals surface area contributed by atoms with Gasteiger partial charge >= 0.3 is 0 Å². The van der Waals surface area contributed by atoms with Crippen molar-refractivity contribution in [2.75, 3.05) is 10.6 Å². The second-order valence-electron chi connectivity index (χ2n) is 6.12. The summed E-state index contributed by atoms with van der Waals surface area (Å²) in [7, 11) is 0. The molecule has 2 N–H and O–H groups in total. The Bertz CT molecular complexity index is 791. The van der Waals surface area contributed by atoms with Gasteiger partial charge in [-0.05, 0) is 44.0 Å². The lowest BCUT2D eigenvalue weighted by Crippen LogP contribution is -2.39. The minimum absolute atomic E-state index is 0.0348. The molecule has 5 heteroatoms. The largest absolute Gasteiger partial charge is 0.478 e. The lowest BCUT2D eigenvalue weighted by molar-refractivity contribution is -0.128. The summed E-state index contributed by atoms with van der Waals surface area (Å²) >= 11 is 0. The highest BCUT2D eigenvalue weighted by Gasteiger charge is 2.29. The number of hydrogen-bond acceptors (Lipinski definition) is 3. The van der Waals surface area contributed by atoms with Crippen molar-refractivity contribution in [3.8, 4) is 5.75 Å². The number of fused-ring (bicyclic) bond motifs is 1. The van der Waals surface area contributed by atoms with Crippen molar-refractivity contribution < 1.29 is 14.3 Å². The van der Waals surface area contributed by atoms with Crippen molar-refractivity contribution in [2.45, 2.75) is 33.3 Å². The predicted octanol–water partition coefficient (Wildman–Crippen LogP) is 3.34. The average Bonchev–Trinajstić information content (AvgIpc) is 2.51. The highest BCUT2D eigenvalue weighted by atomic mass is 16.5. The topological polar surface area (TPSA) is 67.4 Å². The Labute approximate surface area is 141 Å². The van der Waals surface area contributed by atoms with E-state index >= 15 is 0 Å². The van der Waals surface area contributed by atoms with E-state index in [9.17, 15) is 9.59 Å². The van der Waals surface area contributed by atoms with Gasteiger partial charge in [-0.2, -0.15) is 0 Å². The third-order valence-electron chi connectivity index (χ3n) is 4.02. The van der Waals surface area contributed by atoms with Crippen LogP contribution in [0.3, 0.4) is 0 Å². The van der Waals surface area contributed by atoms with Crippen LogP contribution < -0.4 is 15.4 Å². The van der Waals surface area contributed by atoms with E-state index in [1.165, 1.54) is 0 Å². The molecule has 0 saturated carbocycles. The number of hydrogen-bond donors (Lipinski definition) is 2. The first-order chi connectivity index (χ1) is 11.4. The first kappa shape index (κ1) is 16.1. The second-order valence-corrected chi connectivity index (χ2v) is 6.12. The van der Waals surface area contributed by atoms with Crippen LogP contribution in [0.1, 0.15) is 23.1 Å². The molecule has 124 valence electrons. The van der Waals surface area contributed by atoms with Gasteiger partial charge in [0.15, 0.2) is 6.10 Å². The van der Waals surface area contributed by atoms with E-state index < -0.39 is 6.10 Å². The van der Waals surface area contributed by atoms with Gasteiger partial charge in [0.2, 0.25) is 5.91 Å². The molecule has 0 fully saturated rings. The standard InChI is InChI=1S/C19H20N2O3/c1-11-8-12(2)18(13(3)9-11)21-17(22)10-16-19(23)20-14-6-4-5-7-15(14)24-16/h4-9,16H,10H2,1-3H3,(H,20,23)(H,21,22). The molecule has 1 atom stereocenters. The summed E-state index contributed by atoms with van der Waals surface area (Å²) in [5.74, 6) is 0.0309. The van der Waals surface area contributed by atoms with E-state index in [-0.39, 0.29) is 18.2 Å². The SMILES string of the molecule is Cc1cc(C)c(NC(=O)CC2Oc3ccccc3NC2=O)c(C)c1. The minimum atomic E-state index is -0.828. The number of anilines is 2. The Morgan fingerprint density at radius 1 is 1.17 bits per heavy atom. The number of aryl methyl sites for hydroxylation is 3. The fraction of sp³-hybridized carbons (Fsp3) is 0.263. The Morgan fingerprint density at radius 3 is 2.54 bits per heavy atom. The third-order valence-corrected chi connectivity index (χ3v) is 4.02. The molecule has 0 saturated heterocycles. The van der Waals surface area contributed by atoms with Gasteiger partial charge in [0.25, 0.3) is 5.91 Å². The molecule has 2 amide bonds. The average molecular weight is 324 g/mol. The van der Waals surface area contributed by atoms with Crippen LogP contribution >= 0.6 is 0 Å². The molecule has 0 spiro atoms. The molecule has 2 aromatic rings. The molecule has 0 aliphatic carbocycles. The second kappa shape index (κ2) is 6.35. The number of para-hydroxylation sites is 2. The first-order valence-corrected chi connectivity index (χ1v) is 7.88. The molecule has 5 nitrogen and oxygen atoms in total. The smallest absolute Gasteiger partial charge is 0.266 e. The Balaban J connectivity index is 1.71. The van der Waals surface area contributed by atoms with Crippen molar-refractivity contribution in [2.24, 2.45) is 0 Å². The molecule has 1 aliphatic rings. The van der Waals surface area contributed by atoms with Gasteiger partial charge in [-0.25, -0.2) is 0 Å². The number of amides is 2. The highest BCUT2D eigenvalue weighted by Crippen LogP contribution is 2.30. The van der Waals surface area contributed by atoms with Crippen molar-refractivity contribution in [3.05, 3.63) is 53.1 Å². The summed E-state index contributed by atoms with van der Waals surface area (Å²) in [6.07, 6.45) is -0.863. The van der Waals surface area contributed by atoms with Gasteiger partial charge in [-0.1, -0.05) is 29.8 Å². The van der Waals surface area contributed by atoms with Crippen LogP contribution in [-0.2, 0) is 9.59 Å². The van der Waals surface area contributed by atoms with E-state index in [2.05, 4.69) is 10.6 Å². The molecular formula is C19H20N2O3. The number of benzene rings is 2. The fourth-order valence-electron chi connectivity index (χ4n) is 2.96. The van der Waals surface area contributed by atoms with Crippen LogP contribution in [-0.4, -0.2) is 17.9 Å². The van der Waals surface area contributed by atoms with Crippen LogP contribution in [0.15, 0.2) is 36.4 Å². The molecule has 1 heterocycles. The monoisotopic (exact) mass is 324 g/mol. The van der Waals surface area contributed by atoms with Crippen molar-refractivity contribution in [3.63, 3.8) is 0 Å². The molecule has 0 bridgehead atoms. The van der Waals surface area contributed by atoms with E-state index in [0.717, 1.165) is 22.4 Å². The highest BCUT2D eigenvalue weighted by molar-refractivity contribution is 6.02. The number of carbonyl (C=O) groups is 2. The zero-order valence-electron chi connectivity index (χ0n) is 14.0. The summed E-state index contributed by atoms with van der Waals surface area (Å²) in [5, 5.41) is 5.66. The number of carbonyl (C=O) groups excluding carboxylic acids is 2. The fourth-order valence-corrected chi connectivity index (χ4v) is 2.96. The van der Waals surface area contributed by atoms with Gasteiger partial charge in [0.1, 0.15) is 5.75 Å². The summed E-state index contributed by atoms with van der Waals surface area (Å²) < 4.78 is 5.66. The minimum Gasteiger partial charge on any atom is -0.478 e. The zero-order chi connectivity index (χ0) is 17.3. The summed E-state index contributed by atoms with van der Waals surface area (Å²) in [5.41, 5.74) is 4.57. The van der Waals surface area contributed by atoms with E-state index in [1.807, 2.05) is 45.0 Å². The summed E-state index contributed by atoms with van der Waals surface area (Å²) in [4.78, 5) is 24.5. The summed E-state index contributed by atoms with van der Waals surface area (Å²) in [6, 6.07) is 11.2. The van der Waals surface area contributed by atoms with E-state index in [4.69, 9.17) is 4.74 Å². The molecule has 3 rings (SSSR count). The maximum Gasteiger partial charge on any atom is 0.266 e. The number of nitrogens with one attached hydrogen (secondary N) is 2. The van der Waals surface area contributed by atoms with Crippen LogP contribution in [0, 0.1) is 20.8 Å². The zero-order valence-corrected chi connectivity index (χ0v) is 14.0. The van der Waals surface area contributed by atoms with Gasteiger partial charge in [-0.3, -0.25) is 9.59 Å². The first-order valence-electron chi connectivity index (χ1n) is 7.88. The summed E-state index contributed by atoms with van der Waals surface area (Å²) in [6.45, 7) is 5.93. The maximum atomic E-state index is 12.4.